The van der Waals surface area contributed by atoms with Crippen LogP contribution in [0.5, 0.6) is 0 Å². The Morgan fingerprint density at radius 1 is 0.929 bits per heavy atom. The Balaban J connectivity index is 2.85. The van der Waals surface area contributed by atoms with Crippen molar-refractivity contribution in [2.75, 3.05) is 13.2 Å². The lowest BCUT2D eigenvalue weighted by Gasteiger charge is -2.04. The lowest BCUT2D eigenvalue weighted by Crippen LogP contribution is -1.95. The maximum Gasteiger partial charge on any atom is 0.0466 e. The van der Waals surface area contributed by atoms with Gasteiger partial charge in [-0.1, -0.05) is 52.9 Å². The van der Waals surface area contributed by atoms with Crippen molar-refractivity contribution in [3.63, 3.8) is 0 Å². The molecule has 0 spiro atoms. The molecule has 0 fully saturated rings. The van der Waals surface area contributed by atoms with Gasteiger partial charge in [0.2, 0.25) is 0 Å². The predicted octanol–water partition coefficient (Wildman–Crippen LogP) is 4.22. The monoisotopic (exact) mass is 199 g/mol. The summed E-state index contributed by atoms with van der Waals surface area (Å²) < 4.78 is 5.37. The van der Waals surface area contributed by atoms with Gasteiger partial charge in [-0.3, -0.25) is 0 Å². The van der Waals surface area contributed by atoms with E-state index in [1.54, 1.807) is 0 Å². The summed E-state index contributed by atoms with van der Waals surface area (Å²) in [6.45, 7) is 10.1. The van der Waals surface area contributed by atoms with Gasteiger partial charge in [0.1, 0.15) is 0 Å². The average Bonchev–Trinajstić information content (AvgIpc) is 2.15. The van der Waals surface area contributed by atoms with E-state index in [0.29, 0.717) is 0 Å². The first kappa shape index (κ1) is 14.0. The predicted molar refractivity (Wildman–Crippen MR) is 63.3 cm³/mol. The lowest BCUT2D eigenvalue weighted by atomic mass is 10.0. The smallest absolute Gasteiger partial charge is 0.0466 e. The summed E-state index contributed by atoms with van der Waals surface area (Å²) in [6, 6.07) is 0. The van der Waals surface area contributed by atoms with Crippen molar-refractivity contribution < 1.29 is 4.74 Å². The van der Waals surface area contributed by atoms with Gasteiger partial charge in [-0.25, -0.2) is 0 Å². The number of hydrogen-bond acceptors (Lipinski definition) is 1. The summed E-state index contributed by atoms with van der Waals surface area (Å²) >= 11 is 0. The molecule has 0 bridgehead atoms. The first-order valence-electron chi connectivity index (χ1n) is 6.14. The van der Waals surface area contributed by atoms with E-state index in [4.69, 9.17) is 4.74 Å². The first-order valence-corrected chi connectivity index (χ1v) is 6.14. The maximum absolute atomic E-state index is 5.37. The SMILES string of the molecule is [CH2]CCOCCCCCCCC(C)C. The number of rotatable bonds is 10. The molecular weight excluding hydrogens is 172 g/mol. The summed E-state index contributed by atoms with van der Waals surface area (Å²) in [5.41, 5.74) is 0. The third-order valence-corrected chi connectivity index (χ3v) is 2.36. The molecule has 0 rings (SSSR count). The van der Waals surface area contributed by atoms with Crippen LogP contribution in [0, 0.1) is 12.8 Å². The van der Waals surface area contributed by atoms with Gasteiger partial charge < -0.3 is 4.74 Å². The third-order valence-electron chi connectivity index (χ3n) is 2.36. The molecule has 0 N–H and O–H groups in total. The molecule has 0 unspecified atom stereocenters. The fraction of sp³-hybridized carbons (Fsp3) is 0.923. The van der Waals surface area contributed by atoms with E-state index >= 15 is 0 Å². The number of hydrogen-bond donors (Lipinski definition) is 0. The highest BCUT2D eigenvalue weighted by Crippen LogP contribution is 2.10. The van der Waals surface area contributed by atoms with Crippen molar-refractivity contribution in [3.05, 3.63) is 6.92 Å². The Morgan fingerprint density at radius 3 is 2.21 bits per heavy atom. The minimum Gasteiger partial charge on any atom is -0.381 e. The summed E-state index contributed by atoms with van der Waals surface area (Å²) in [6.07, 6.45) is 9.01. The molecule has 1 nitrogen and oxygen atoms in total. The second kappa shape index (κ2) is 11.0. The van der Waals surface area contributed by atoms with Gasteiger partial charge in [-0.05, 0) is 18.8 Å². The minimum atomic E-state index is 0.827. The van der Waals surface area contributed by atoms with Crippen LogP contribution in [0.15, 0.2) is 0 Å². The lowest BCUT2D eigenvalue weighted by molar-refractivity contribution is 0.134. The van der Waals surface area contributed by atoms with Gasteiger partial charge in [0.05, 0.1) is 0 Å². The first-order chi connectivity index (χ1) is 6.77. The minimum absolute atomic E-state index is 0.827. The Bertz CT molecular complexity index is 99.4. The van der Waals surface area contributed by atoms with Crippen LogP contribution in [0.1, 0.15) is 58.8 Å². The molecule has 0 saturated carbocycles. The van der Waals surface area contributed by atoms with Gasteiger partial charge in [0.25, 0.3) is 0 Å². The highest BCUT2D eigenvalue weighted by Gasteiger charge is 1.94. The summed E-state index contributed by atoms with van der Waals surface area (Å²) in [5, 5.41) is 0. The van der Waals surface area contributed by atoms with Crippen LogP contribution in [-0.2, 0) is 4.74 Å². The van der Waals surface area contributed by atoms with Crippen molar-refractivity contribution in [3.8, 4) is 0 Å². The van der Waals surface area contributed by atoms with Crippen molar-refractivity contribution >= 4 is 0 Å². The molecule has 0 saturated heterocycles. The molecule has 0 heterocycles. The highest BCUT2D eigenvalue weighted by atomic mass is 16.5. The average molecular weight is 199 g/mol. The van der Waals surface area contributed by atoms with Gasteiger partial charge in [-0.2, -0.15) is 0 Å². The van der Waals surface area contributed by atoms with E-state index in [1.165, 1.54) is 38.5 Å². The summed E-state index contributed by atoms with van der Waals surface area (Å²) in [4.78, 5) is 0. The molecule has 1 heteroatoms. The maximum atomic E-state index is 5.37. The van der Waals surface area contributed by atoms with Gasteiger partial charge in [0.15, 0.2) is 0 Å². The van der Waals surface area contributed by atoms with Crippen LogP contribution in [0.2, 0.25) is 0 Å². The van der Waals surface area contributed by atoms with Crippen LogP contribution in [0.4, 0.5) is 0 Å². The summed E-state index contributed by atoms with van der Waals surface area (Å²) in [5.74, 6) is 0.871. The fourth-order valence-corrected chi connectivity index (χ4v) is 1.49. The topological polar surface area (TPSA) is 9.23 Å². The molecule has 14 heavy (non-hydrogen) atoms. The fourth-order valence-electron chi connectivity index (χ4n) is 1.49. The Kier molecular flexibility index (Phi) is 11.0. The van der Waals surface area contributed by atoms with Crippen molar-refractivity contribution in [1.29, 1.82) is 0 Å². The van der Waals surface area contributed by atoms with Crippen LogP contribution in [-0.4, -0.2) is 13.2 Å². The molecule has 0 aromatic carbocycles. The third kappa shape index (κ3) is 12.0. The molecule has 0 aromatic heterocycles. The molecule has 0 aliphatic carbocycles. The highest BCUT2D eigenvalue weighted by molar-refractivity contribution is 4.48. The zero-order chi connectivity index (χ0) is 10.6. The van der Waals surface area contributed by atoms with E-state index in [2.05, 4.69) is 20.8 Å². The van der Waals surface area contributed by atoms with E-state index < -0.39 is 0 Å². The van der Waals surface area contributed by atoms with Crippen LogP contribution < -0.4 is 0 Å². The normalized spacial score (nSPS) is 11.1. The van der Waals surface area contributed by atoms with Gasteiger partial charge in [0, 0.05) is 13.2 Å². The molecule has 0 aliphatic heterocycles. The van der Waals surface area contributed by atoms with Crippen LogP contribution in [0.3, 0.4) is 0 Å². The van der Waals surface area contributed by atoms with E-state index in [1.807, 2.05) is 0 Å². The van der Waals surface area contributed by atoms with Gasteiger partial charge >= 0.3 is 0 Å². The number of unbranched alkanes of at least 4 members (excludes halogenated alkanes) is 4. The van der Waals surface area contributed by atoms with Crippen molar-refractivity contribution in [2.45, 2.75) is 58.8 Å². The largest absolute Gasteiger partial charge is 0.381 e. The standard InChI is InChI=1S/C13H27O/c1-4-11-14-12-9-7-5-6-8-10-13(2)3/h13H,1,4-12H2,2-3H3. The second-order valence-corrected chi connectivity index (χ2v) is 4.42. The Morgan fingerprint density at radius 2 is 1.57 bits per heavy atom. The molecule has 0 amide bonds. The molecule has 0 aliphatic rings. The van der Waals surface area contributed by atoms with E-state index in [0.717, 1.165) is 25.6 Å². The molecule has 85 valence electrons. The van der Waals surface area contributed by atoms with E-state index in [9.17, 15) is 0 Å². The number of ether oxygens (including phenoxy) is 1. The Labute approximate surface area is 90.2 Å². The van der Waals surface area contributed by atoms with Crippen molar-refractivity contribution in [2.24, 2.45) is 5.92 Å². The Hall–Kier alpha value is -0.0400. The molecule has 0 aromatic rings. The summed E-state index contributed by atoms with van der Waals surface area (Å²) in [7, 11) is 0. The van der Waals surface area contributed by atoms with Crippen molar-refractivity contribution in [1.82, 2.24) is 0 Å². The van der Waals surface area contributed by atoms with Gasteiger partial charge in [-0.15, -0.1) is 0 Å². The zero-order valence-corrected chi connectivity index (χ0v) is 10.1. The molecule has 1 radical (unpaired) electrons. The van der Waals surface area contributed by atoms with Crippen LogP contribution >= 0.6 is 0 Å². The zero-order valence-electron chi connectivity index (χ0n) is 10.1. The molecule has 0 atom stereocenters. The van der Waals surface area contributed by atoms with Crippen LogP contribution in [0.25, 0.3) is 0 Å². The van der Waals surface area contributed by atoms with E-state index in [-0.39, 0.29) is 0 Å². The second-order valence-electron chi connectivity index (χ2n) is 4.42. The molecular formula is C13H27O. The quantitative estimate of drug-likeness (QED) is 0.479.